The van der Waals surface area contributed by atoms with Gasteiger partial charge in [-0.25, -0.2) is 0 Å². The molecule has 1 saturated heterocycles. The third-order valence-corrected chi connectivity index (χ3v) is 3.71. The Morgan fingerprint density at radius 3 is 2.45 bits per heavy atom. The molecule has 3 atom stereocenters. The van der Waals surface area contributed by atoms with E-state index >= 15 is 0 Å². The second kappa shape index (κ2) is 6.54. The van der Waals surface area contributed by atoms with E-state index in [1.54, 1.807) is 4.90 Å². The van der Waals surface area contributed by atoms with E-state index in [-0.39, 0.29) is 24.5 Å². The van der Waals surface area contributed by atoms with Crippen LogP contribution in [0, 0.1) is 11.3 Å². The van der Waals surface area contributed by atoms with E-state index in [0.717, 1.165) is 6.42 Å². The van der Waals surface area contributed by atoms with Crippen LogP contribution < -0.4 is 5.73 Å². The summed E-state index contributed by atoms with van der Waals surface area (Å²) < 4.78 is 5.26. The number of carboxylic acids is 1. The molecular formula is C14H26N2O4. The second-order valence-electron chi connectivity index (χ2n) is 6.42. The molecule has 1 fully saturated rings. The van der Waals surface area contributed by atoms with Gasteiger partial charge < -0.3 is 20.5 Å². The van der Waals surface area contributed by atoms with E-state index in [2.05, 4.69) is 0 Å². The first-order valence-electron chi connectivity index (χ1n) is 7.06. The molecule has 1 rings (SSSR count). The summed E-state index contributed by atoms with van der Waals surface area (Å²) in [5.74, 6) is -1.79. The number of carboxylic acid groups (broad SMARTS) is 1. The number of nitrogens with two attached hydrogens (primary N) is 1. The Hall–Kier alpha value is -1.14. The lowest BCUT2D eigenvalue weighted by Gasteiger charge is -2.36. The number of aliphatic carboxylic acids is 1. The maximum absolute atomic E-state index is 12.6. The van der Waals surface area contributed by atoms with Gasteiger partial charge >= 0.3 is 5.97 Å². The van der Waals surface area contributed by atoms with Gasteiger partial charge in [0.15, 0.2) is 0 Å². The van der Waals surface area contributed by atoms with Gasteiger partial charge in [-0.3, -0.25) is 9.59 Å². The summed E-state index contributed by atoms with van der Waals surface area (Å²) in [6.07, 6.45) is 0.755. The monoisotopic (exact) mass is 286 g/mol. The zero-order valence-electron chi connectivity index (χ0n) is 12.8. The van der Waals surface area contributed by atoms with Crippen molar-refractivity contribution in [3.8, 4) is 0 Å². The predicted octanol–water partition coefficient (Wildman–Crippen LogP) is 0.698. The Morgan fingerprint density at radius 1 is 1.40 bits per heavy atom. The highest BCUT2D eigenvalue weighted by Gasteiger charge is 2.42. The number of hydrogen-bond donors (Lipinski definition) is 2. The third-order valence-electron chi connectivity index (χ3n) is 3.71. The molecule has 0 saturated carbocycles. The minimum Gasteiger partial charge on any atom is -0.481 e. The molecule has 0 aromatic carbocycles. The summed E-state index contributed by atoms with van der Waals surface area (Å²) in [6.45, 7) is 8.57. The Kier molecular flexibility index (Phi) is 5.53. The van der Waals surface area contributed by atoms with Gasteiger partial charge in [-0.2, -0.15) is 0 Å². The molecule has 1 aliphatic heterocycles. The molecule has 1 amide bonds. The lowest BCUT2D eigenvalue weighted by atomic mass is 9.86. The number of amides is 1. The van der Waals surface area contributed by atoms with Gasteiger partial charge in [0.25, 0.3) is 0 Å². The van der Waals surface area contributed by atoms with Gasteiger partial charge in [-0.1, -0.05) is 27.7 Å². The number of hydrogen-bond acceptors (Lipinski definition) is 4. The number of nitrogens with zero attached hydrogens (tertiary/aromatic N) is 1. The van der Waals surface area contributed by atoms with E-state index < -0.39 is 24.0 Å². The van der Waals surface area contributed by atoms with Crippen molar-refractivity contribution in [2.45, 2.75) is 46.2 Å². The van der Waals surface area contributed by atoms with E-state index in [9.17, 15) is 14.7 Å². The fourth-order valence-electron chi connectivity index (χ4n) is 2.32. The molecule has 0 radical (unpaired) electrons. The number of carbonyl (C=O) groups excluding carboxylic acids is 1. The van der Waals surface area contributed by atoms with Crippen molar-refractivity contribution >= 4 is 11.9 Å². The van der Waals surface area contributed by atoms with Gasteiger partial charge in [0.05, 0.1) is 25.3 Å². The number of carbonyl (C=O) groups is 2. The molecule has 0 aromatic heterocycles. The standard InChI is InChI=1S/C14H26N2O4/c1-5-6-16(12(17)11(15)14(2,3)4)10-8-20-7-9(10)13(18)19/h9-11H,5-8,15H2,1-4H3,(H,18,19)/t9?,10?,11-/m0/s1. The molecule has 20 heavy (non-hydrogen) atoms. The van der Waals surface area contributed by atoms with Crippen molar-refractivity contribution in [3.05, 3.63) is 0 Å². The highest BCUT2D eigenvalue weighted by molar-refractivity contribution is 5.83. The quantitative estimate of drug-likeness (QED) is 0.776. The average molecular weight is 286 g/mol. The molecule has 0 aromatic rings. The zero-order chi connectivity index (χ0) is 15.5. The second-order valence-corrected chi connectivity index (χ2v) is 6.42. The predicted molar refractivity (Wildman–Crippen MR) is 75.2 cm³/mol. The fraction of sp³-hybridized carbons (Fsp3) is 0.857. The minimum absolute atomic E-state index is 0.151. The third kappa shape index (κ3) is 3.70. The first-order valence-corrected chi connectivity index (χ1v) is 7.06. The molecule has 0 spiro atoms. The fourth-order valence-corrected chi connectivity index (χ4v) is 2.32. The first-order chi connectivity index (χ1) is 9.20. The van der Waals surface area contributed by atoms with Crippen LogP contribution in [-0.4, -0.2) is 53.7 Å². The highest BCUT2D eigenvalue weighted by atomic mass is 16.5. The van der Waals surface area contributed by atoms with E-state index in [1.807, 2.05) is 27.7 Å². The maximum Gasteiger partial charge on any atom is 0.311 e. The van der Waals surface area contributed by atoms with Crippen LogP contribution in [0.4, 0.5) is 0 Å². The summed E-state index contributed by atoms with van der Waals surface area (Å²) in [4.78, 5) is 25.4. The Balaban J connectivity index is 2.93. The summed E-state index contributed by atoms with van der Waals surface area (Å²) in [5.41, 5.74) is 5.68. The normalized spacial score (nSPS) is 24.4. The number of rotatable bonds is 5. The van der Waals surface area contributed by atoms with Gasteiger partial charge in [0.1, 0.15) is 5.92 Å². The maximum atomic E-state index is 12.6. The lowest BCUT2D eigenvalue weighted by molar-refractivity contribution is -0.146. The molecule has 116 valence electrons. The van der Waals surface area contributed by atoms with Crippen LogP contribution in [-0.2, 0) is 14.3 Å². The van der Waals surface area contributed by atoms with E-state index in [1.165, 1.54) is 0 Å². The van der Waals surface area contributed by atoms with Crippen LogP contribution in [0.2, 0.25) is 0 Å². The molecule has 2 unspecified atom stereocenters. The van der Waals surface area contributed by atoms with Gasteiger partial charge in [0, 0.05) is 6.54 Å². The van der Waals surface area contributed by atoms with Crippen LogP contribution >= 0.6 is 0 Å². The van der Waals surface area contributed by atoms with E-state index in [0.29, 0.717) is 6.54 Å². The Morgan fingerprint density at radius 2 is 2.00 bits per heavy atom. The highest BCUT2D eigenvalue weighted by Crippen LogP contribution is 2.25. The Labute approximate surface area is 120 Å². The molecule has 6 nitrogen and oxygen atoms in total. The Bertz CT molecular complexity index is 365. The summed E-state index contributed by atoms with van der Waals surface area (Å²) in [5, 5.41) is 9.23. The van der Waals surface area contributed by atoms with Crippen LogP contribution in [0.3, 0.4) is 0 Å². The largest absolute Gasteiger partial charge is 0.481 e. The minimum atomic E-state index is -0.925. The summed E-state index contributed by atoms with van der Waals surface area (Å²) in [7, 11) is 0. The van der Waals surface area contributed by atoms with Gasteiger partial charge in [0.2, 0.25) is 5.91 Å². The smallest absolute Gasteiger partial charge is 0.311 e. The van der Waals surface area contributed by atoms with E-state index in [4.69, 9.17) is 10.5 Å². The molecule has 0 bridgehead atoms. The van der Waals surface area contributed by atoms with Gasteiger partial charge in [-0.15, -0.1) is 0 Å². The van der Waals surface area contributed by atoms with Crippen molar-refractivity contribution in [3.63, 3.8) is 0 Å². The number of ether oxygens (including phenoxy) is 1. The molecule has 3 N–H and O–H groups in total. The van der Waals surface area contributed by atoms with Gasteiger partial charge in [-0.05, 0) is 11.8 Å². The summed E-state index contributed by atoms with van der Waals surface area (Å²) in [6, 6.07) is -1.07. The van der Waals surface area contributed by atoms with Crippen molar-refractivity contribution in [2.24, 2.45) is 17.1 Å². The molecule has 6 heteroatoms. The molecular weight excluding hydrogens is 260 g/mol. The van der Waals surface area contributed by atoms with Crippen molar-refractivity contribution < 1.29 is 19.4 Å². The van der Waals surface area contributed by atoms with Crippen LogP contribution in [0.1, 0.15) is 34.1 Å². The zero-order valence-corrected chi connectivity index (χ0v) is 12.8. The molecule has 1 heterocycles. The molecule has 0 aliphatic carbocycles. The first kappa shape index (κ1) is 16.9. The van der Waals surface area contributed by atoms with Crippen molar-refractivity contribution in [2.75, 3.05) is 19.8 Å². The van der Waals surface area contributed by atoms with Crippen molar-refractivity contribution in [1.29, 1.82) is 0 Å². The van der Waals surface area contributed by atoms with Crippen LogP contribution in [0.15, 0.2) is 0 Å². The van der Waals surface area contributed by atoms with Crippen LogP contribution in [0.5, 0.6) is 0 Å². The van der Waals surface area contributed by atoms with Crippen LogP contribution in [0.25, 0.3) is 0 Å². The SMILES string of the molecule is CCCN(C(=O)[C@H](N)C(C)(C)C)C1COCC1C(=O)O. The van der Waals surface area contributed by atoms with Crippen molar-refractivity contribution in [1.82, 2.24) is 4.90 Å². The average Bonchev–Trinajstić information content (AvgIpc) is 2.82. The topological polar surface area (TPSA) is 92.9 Å². The lowest BCUT2D eigenvalue weighted by Crippen LogP contribution is -2.56. The summed E-state index contributed by atoms with van der Waals surface area (Å²) >= 11 is 0. The molecule has 1 aliphatic rings.